The second-order valence-electron chi connectivity index (χ2n) is 5.82. The fourth-order valence-corrected chi connectivity index (χ4v) is 3.90. The molecular formula is C14H24N2OS. The number of rotatable bonds is 4. The average Bonchev–Trinajstić information content (AvgIpc) is 2.87. The largest absolute Gasteiger partial charge is 0.387 e. The first-order valence-corrected chi connectivity index (χ1v) is 7.91. The zero-order valence-electron chi connectivity index (χ0n) is 11.6. The van der Waals surface area contributed by atoms with Crippen LogP contribution in [0.3, 0.4) is 0 Å². The van der Waals surface area contributed by atoms with Gasteiger partial charge in [0.2, 0.25) is 0 Å². The molecule has 2 rings (SSSR count). The minimum atomic E-state index is -0.350. The summed E-state index contributed by atoms with van der Waals surface area (Å²) in [5.41, 5.74) is 0.992. The Labute approximate surface area is 114 Å². The molecule has 3 atom stereocenters. The smallest absolute Gasteiger partial charge is 0.0945 e. The maximum Gasteiger partial charge on any atom is 0.0945 e. The highest BCUT2D eigenvalue weighted by Gasteiger charge is 2.30. The van der Waals surface area contributed by atoms with E-state index >= 15 is 0 Å². The van der Waals surface area contributed by atoms with Gasteiger partial charge in [0.15, 0.2) is 0 Å². The van der Waals surface area contributed by atoms with Crippen molar-refractivity contribution < 1.29 is 5.11 Å². The lowest BCUT2D eigenvalue weighted by molar-refractivity contribution is 0.0695. The van der Waals surface area contributed by atoms with Crippen molar-refractivity contribution in [1.82, 2.24) is 9.59 Å². The highest BCUT2D eigenvalue weighted by atomic mass is 32.1. The Balaban J connectivity index is 2.10. The van der Waals surface area contributed by atoms with E-state index in [1.54, 1.807) is 0 Å². The zero-order chi connectivity index (χ0) is 13.1. The van der Waals surface area contributed by atoms with E-state index in [2.05, 4.69) is 30.4 Å². The molecule has 1 saturated carbocycles. The lowest BCUT2D eigenvalue weighted by atomic mass is 9.77. The summed E-state index contributed by atoms with van der Waals surface area (Å²) in [6.07, 6.45) is 5.78. The summed E-state index contributed by atoms with van der Waals surface area (Å²) < 4.78 is 4.03. The van der Waals surface area contributed by atoms with Crippen molar-refractivity contribution in [3.63, 3.8) is 0 Å². The summed E-state index contributed by atoms with van der Waals surface area (Å²) in [5, 5.41) is 14.8. The minimum absolute atomic E-state index is 0.346. The van der Waals surface area contributed by atoms with Gasteiger partial charge >= 0.3 is 0 Å². The molecule has 1 aromatic rings. The van der Waals surface area contributed by atoms with Gasteiger partial charge < -0.3 is 5.11 Å². The van der Waals surface area contributed by atoms with Crippen LogP contribution in [0.5, 0.6) is 0 Å². The minimum Gasteiger partial charge on any atom is -0.387 e. The normalized spacial score (nSPS) is 26.5. The van der Waals surface area contributed by atoms with Crippen LogP contribution in [0.2, 0.25) is 0 Å². The summed E-state index contributed by atoms with van der Waals surface area (Å²) in [4.78, 5) is 1.01. The van der Waals surface area contributed by atoms with E-state index in [4.69, 9.17) is 0 Å². The molecule has 102 valence electrons. The molecule has 4 heteroatoms. The van der Waals surface area contributed by atoms with Crippen LogP contribution in [-0.4, -0.2) is 14.7 Å². The topological polar surface area (TPSA) is 46.0 Å². The summed E-state index contributed by atoms with van der Waals surface area (Å²) in [7, 11) is 0. The number of hydrogen-bond acceptors (Lipinski definition) is 4. The lowest BCUT2D eigenvalue weighted by Gasteiger charge is -2.31. The van der Waals surface area contributed by atoms with Gasteiger partial charge in [-0.3, -0.25) is 0 Å². The molecule has 3 unspecified atom stereocenters. The number of nitrogens with zero attached hydrogens (tertiary/aromatic N) is 2. The first kappa shape index (κ1) is 13.9. The van der Waals surface area contributed by atoms with Gasteiger partial charge in [-0.1, -0.05) is 44.5 Å². The van der Waals surface area contributed by atoms with Crippen molar-refractivity contribution in [2.24, 2.45) is 11.8 Å². The van der Waals surface area contributed by atoms with E-state index in [1.165, 1.54) is 30.8 Å². The second kappa shape index (κ2) is 6.11. The monoisotopic (exact) mass is 268 g/mol. The number of hydrogen-bond donors (Lipinski definition) is 1. The molecule has 0 aliphatic heterocycles. The Bertz CT molecular complexity index is 378. The first-order chi connectivity index (χ1) is 8.63. The number of aliphatic hydroxyl groups excluding tert-OH is 1. The Morgan fingerprint density at radius 1 is 1.39 bits per heavy atom. The van der Waals surface area contributed by atoms with E-state index < -0.39 is 0 Å². The predicted octanol–water partition coefficient (Wildman–Crippen LogP) is 3.91. The van der Waals surface area contributed by atoms with Gasteiger partial charge in [-0.25, -0.2) is 0 Å². The molecule has 1 aliphatic carbocycles. The Kier molecular flexibility index (Phi) is 4.73. The van der Waals surface area contributed by atoms with Gasteiger partial charge in [0.05, 0.1) is 16.7 Å². The van der Waals surface area contributed by atoms with Gasteiger partial charge in [-0.05, 0) is 42.1 Å². The fraction of sp³-hybridized carbons (Fsp3) is 0.857. The molecule has 1 N–H and O–H groups in total. The molecule has 0 amide bonds. The van der Waals surface area contributed by atoms with Crippen LogP contribution in [0.4, 0.5) is 0 Å². The van der Waals surface area contributed by atoms with Crippen molar-refractivity contribution in [2.75, 3.05) is 0 Å². The number of aromatic nitrogens is 2. The SMILES string of the molecule is CCC1CCCC(C(O)c2snnc2C(C)C)C1. The molecule has 1 heterocycles. The van der Waals surface area contributed by atoms with Gasteiger partial charge in [0.25, 0.3) is 0 Å². The molecule has 0 bridgehead atoms. The van der Waals surface area contributed by atoms with E-state index in [-0.39, 0.29) is 6.10 Å². The molecule has 0 radical (unpaired) electrons. The fourth-order valence-electron chi connectivity index (χ4n) is 3.01. The molecule has 0 saturated heterocycles. The molecule has 1 aliphatic rings. The van der Waals surface area contributed by atoms with Crippen LogP contribution in [0, 0.1) is 11.8 Å². The summed E-state index contributed by atoms with van der Waals surface area (Å²) >= 11 is 1.38. The van der Waals surface area contributed by atoms with Crippen LogP contribution in [0.15, 0.2) is 0 Å². The van der Waals surface area contributed by atoms with E-state index in [1.807, 2.05) is 0 Å². The number of aliphatic hydroxyl groups is 1. The third-order valence-electron chi connectivity index (χ3n) is 4.20. The summed E-state index contributed by atoms with van der Waals surface area (Å²) in [6, 6.07) is 0. The quantitative estimate of drug-likeness (QED) is 0.900. The molecule has 1 aromatic heterocycles. The van der Waals surface area contributed by atoms with Gasteiger partial charge in [0, 0.05) is 0 Å². The summed E-state index contributed by atoms with van der Waals surface area (Å²) in [6.45, 7) is 6.48. The Morgan fingerprint density at radius 2 is 2.17 bits per heavy atom. The zero-order valence-corrected chi connectivity index (χ0v) is 12.4. The molecule has 0 spiro atoms. The second-order valence-corrected chi connectivity index (χ2v) is 6.61. The standard InChI is InChI=1S/C14H24N2OS/c1-4-10-6-5-7-11(8-10)13(17)14-12(9(2)3)15-16-18-14/h9-11,13,17H,4-8H2,1-3H3. The highest BCUT2D eigenvalue weighted by molar-refractivity contribution is 7.05. The van der Waals surface area contributed by atoms with Gasteiger partial charge in [0.1, 0.15) is 0 Å². The maximum atomic E-state index is 10.6. The van der Waals surface area contributed by atoms with Gasteiger partial charge in [-0.2, -0.15) is 0 Å². The van der Waals surface area contributed by atoms with Gasteiger partial charge in [-0.15, -0.1) is 5.10 Å². The average molecular weight is 268 g/mol. The van der Waals surface area contributed by atoms with E-state index in [0.29, 0.717) is 11.8 Å². The van der Waals surface area contributed by atoms with Crippen LogP contribution in [0.1, 0.15) is 75.5 Å². The molecule has 0 aromatic carbocycles. The van der Waals surface area contributed by atoms with Crippen LogP contribution in [0.25, 0.3) is 0 Å². The van der Waals surface area contributed by atoms with Crippen LogP contribution in [-0.2, 0) is 0 Å². The molecule has 18 heavy (non-hydrogen) atoms. The summed E-state index contributed by atoms with van der Waals surface area (Å²) in [5.74, 6) is 1.55. The van der Waals surface area contributed by atoms with E-state index in [9.17, 15) is 5.11 Å². The predicted molar refractivity (Wildman–Crippen MR) is 74.7 cm³/mol. The van der Waals surface area contributed by atoms with Crippen LogP contribution >= 0.6 is 11.5 Å². The third-order valence-corrected chi connectivity index (χ3v) is 5.01. The molecule has 1 fully saturated rings. The third kappa shape index (κ3) is 2.91. The van der Waals surface area contributed by atoms with Crippen molar-refractivity contribution in [2.45, 2.75) is 64.9 Å². The van der Waals surface area contributed by atoms with Crippen molar-refractivity contribution in [3.05, 3.63) is 10.6 Å². The Morgan fingerprint density at radius 3 is 2.83 bits per heavy atom. The van der Waals surface area contributed by atoms with E-state index in [0.717, 1.165) is 29.3 Å². The maximum absolute atomic E-state index is 10.6. The lowest BCUT2D eigenvalue weighted by Crippen LogP contribution is -2.21. The van der Waals surface area contributed by atoms with Crippen molar-refractivity contribution >= 4 is 11.5 Å². The molecular weight excluding hydrogens is 244 g/mol. The Hall–Kier alpha value is -0.480. The van der Waals surface area contributed by atoms with Crippen molar-refractivity contribution in [3.8, 4) is 0 Å². The van der Waals surface area contributed by atoms with Crippen LogP contribution < -0.4 is 0 Å². The highest BCUT2D eigenvalue weighted by Crippen LogP contribution is 2.40. The first-order valence-electron chi connectivity index (χ1n) is 7.13. The van der Waals surface area contributed by atoms with Crippen molar-refractivity contribution in [1.29, 1.82) is 0 Å². The molecule has 3 nitrogen and oxygen atoms in total.